The molecule has 0 spiro atoms. The fourth-order valence-corrected chi connectivity index (χ4v) is 3.97. The maximum atomic E-state index is 12.8. The lowest BCUT2D eigenvalue weighted by molar-refractivity contribution is -0.138. The highest BCUT2D eigenvalue weighted by Crippen LogP contribution is 2.39. The van der Waals surface area contributed by atoms with E-state index in [9.17, 15) is 4.79 Å². The lowest BCUT2D eigenvalue weighted by Gasteiger charge is -2.31. The summed E-state index contributed by atoms with van der Waals surface area (Å²) < 4.78 is 16.2. The van der Waals surface area contributed by atoms with Crippen LogP contribution >= 0.6 is 0 Å². The summed E-state index contributed by atoms with van der Waals surface area (Å²) in [5, 5.41) is 6.66. The summed E-state index contributed by atoms with van der Waals surface area (Å²) in [7, 11) is 8.46. The molecule has 1 amide bonds. The van der Waals surface area contributed by atoms with Crippen LogP contribution in [0, 0.1) is 5.41 Å². The van der Waals surface area contributed by atoms with Gasteiger partial charge in [-0.15, -0.1) is 0 Å². The lowest BCUT2D eigenvalue weighted by Crippen LogP contribution is -2.49. The van der Waals surface area contributed by atoms with Gasteiger partial charge in [-0.2, -0.15) is 0 Å². The number of rotatable bonds is 9. The first-order valence-electron chi connectivity index (χ1n) is 10.4. The molecule has 2 N–H and O–H groups in total. The van der Waals surface area contributed by atoms with E-state index in [1.807, 2.05) is 27.1 Å². The second-order valence-corrected chi connectivity index (χ2v) is 7.75. The quantitative estimate of drug-likeness (QED) is 0.472. The highest BCUT2D eigenvalue weighted by atomic mass is 16.5. The Kier molecular flexibility index (Phi) is 8.62. The largest absolute Gasteiger partial charge is 0.496 e. The molecule has 0 atom stereocenters. The Morgan fingerprint density at radius 1 is 1.03 bits per heavy atom. The third-order valence-corrected chi connectivity index (χ3v) is 5.55. The van der Waals surface area contributed by atoms with Gasteiger partial charge < -0.3 is 29.7 Å². The maximum absolute atomic E-state index is 12.8. The zero-order valence-corrected chi connectivity index (χ0v) is 19.1. The summed E-state index contributed by atoms with van der Waals surface area (Å²) in [4.78, 5) is 19.2. The number of aliphatic imine (C=N–C) groups is 1. The molecule has 30 heavy (non-hydrogen) atoms. The van der Waals surface area contributed by atoms with Crippen molar-refractivity contribution < 1.29 is 19.0 Å². The molecule has 0 heterocycles. The first-order chi connectivity index (χ1) is 14.4. The first kappa shape index (κ1) is 23.6. The van der Waals surface area contributed by atoms with Gasteiger partial charge in [-0.25, -0.2) is 4.99 Å². The van der Waals surface area contributed by atoms with Crippen LogP contribution in [0.2, 0.25) is 0 Å². The van der Waals surface area contributed by atoms with E-state index in [0.717, 1.165) is 37.8 Å². The molecule has 0 aromatic heterocycles. The normalized spacial score (nSPS) is 15.5. The van der Waals surface area contributed by atoms with Gasteiger partial charge in [0.25, 0.3) is 0 Å². The number of ether oxygens (including phenoxy) is 3. The van der Waals surface area contributed by atoms with E-state index in [2.05, 4.69) is 10.6 Å². The number of benzene rings is 1. The molecule has 8 heteroatoms. The number of carbonyl (C=O) groups is 1. The van der Waals surface area contributed by atoms with Crippen LogP contribution in [0.1, 0.15) is 38.2 Å². The van der Waals surface area contributed by atoms with Crippen molar-refractivity contribution in [1.29, 1.82) is 0 Å². The molecule has 1 aliphatic rings. The molecule has 168 valence electrons. The predicted octanol–water partition coefficient (Wildman–Crippen LogP) is 2.42. The molecular weight excluding hydrogens is 384 g/mol. The van der Waals surface area contributed by atoms with Gasteiger partial charge in [0, 0.05) is 38.8 Å². The monoisotopic (exact) mass is 420 g/mol. The average molecular weight is 421 g/mol. The summed E-state index contributed by atoms with van der Waals surface area (Å²) in [5.41, 5.74) is 0.521. The van der Waals surface area contributed by atoms with Gasteiger partial charge in [-0.05, 0) is 25.8 Å². The molecule has 0 radical (unpaired) electrons. The molecule has 2 rings (SSSR count). The highest BCUT2D eigenvalue weighted by Gasteiger charge is 2.42. The van der Waals surface area contributed by atoms with Crippen LogP contribution in [0.3, 0.4) is 0 Å². The Morgan fingerprint density at radius 2 is 1.63 bits per heavy atom. The zero-order chi connectivity index (χ0) is 22.1. The van der Waals surface area contributed by atoms with Crippen molar-refractivity contribution in [2.45, 2.75) is 39.2 Å². The van der Waals surface area contributed by atoms with Gasteiger partial charge in [0.2, 0.25) is 5.91 Å². The van der Waals surface area contributed by atoms with E-state index in [4.69, 9.17) is 19.2 Å². The van der Waals surface area contributed by atoms with E-state index in [1.54, 1.807) is 32.3 Å². The number of methoxy groups -OCH3 is 3. The minimum atomic E-state index is -0.360. The van der Waals surface area contributed by atoms with Crippen LogP contribution in [0.4, 0.5) is 0 Å². The number of carbonyl (C=O) groups excluding carboxylic acids is 1. The van der Waals surface area contributed by atoms with Crippen molar-refractivity contribution in [3.05, 3.63) is 17.7 Å². The summed E-state index contributed by atoms with van der Waals surface area (Å²) >= 11 is 0. The number of hydrogen-bond acceptors (Lipinski definition) is 5. The molecule has 0 unspecified atom stereocenters. The van der Waals surface area contributed by atoms with Gasteiger partial charge in [-0.3, -0.25) is 4.79 Å². The standard InChI is InChI=1S/C22H36N4O4/c1-7-23-21(25-15-22(10-8-9-11-22)20(27)26(2)3)24-14-16-12-18(29-5)19(30-6)13-17(16)28-4/h12-13H,7-11,14-15H2,1-6H3,(H2,23,24,25). The number of hydrogen-bond donors (Lipinski definition) is 2. The molecule has 1 aromatic carbocycles. The highest BCUT2D eigenvalue weighted by molar-refractivity contribution is 5.85. The minimum Gasteiger partial charge on any atom is -0.496 e. The SMILES string of the molecule is CCNC(=NCc1cc(OC)c(OC)cc1OC)NCC1(C(=O)N(C)C)CCCC1. The van der Waals surface area contributed by atoms with E-state index in [0.29, 0.717) is 36.3 Å². The molecular formula is C22H36N4O4. The number of nitrogens with one attached hydrogen (secondary N) is 2. The summed E-state index contributed by atoms with van der Waals surface area (Å²) in [6.45, 7) is 3.71. The van der Waals surface area contributed by atoms with Gasteiger partial charge in [-0.1, -0.05) is 12.8 Å². The summed E-state index contributed by atoms with van der Waals surface area (Å²) in [6, 6.07) is 3.67. The van der Waals surface area contributed by atoms with E-state index in [1.165, 1.54) is 0 Å². The molecule has 1 aliphatic carbocycles. The molecule has 1 aromatic rings. The topological polar surface area (TPSA) is 84.4 Å². The van der Waals surface area contributed by atoms with E-state index >= 15 is 0 Å². The van der Waals surface area contributed by atoms with Crippen LogP contribution in [-0.4, -0.2) is 65.3 Å². The Balaban J connectivity index is 2.19. The van der Waals surface area contributed by atoms with Gasteiger partial charge in [0.15, 0.2) is 17.5 Å². The van der Waals surface area contributed by atoms with Crippen molar-refractivity contribution in [1.82, 2.24) is 15.5 Å². The number of nitrogens with zero attached hydrogens (tertiary/aromatic N) is 2. The maximum Gasteiger partial charge on any atom is 0.230 e. The number of amides is 1. The van der Waals surface area contributed by atoms with Crippen LogP contribution in [-0.2, 0) is 11.3 Å². The van der Waals surface area contributed by atoms with Crippen LogP contribution in [0.5, 0.6) is 17.2 Å². The van der Waals surface area contributed by atoms with Crippen molar-refractivity contribution in [2.24, 2.45) is 10.4 Å². The lowest BCUT2D eigenvalue weighted by atomic mass is 9.84. The van der Waals surface area contributed by atoms with E-state index < -0.39 is 0 Å². The molecule has 0 bridgehead atoms. The smallest absolute Gasteiger partial charge is 0.230 e. The Bertz CT molecular complexity index is 743. The molecule has 0 saturated heterocycles. The summed E-state index contributed by atoms with van der Waals surface area (Å²) in [6.07, 6.45) is 3.97. The molecule has 1 saturated carbocycles. The molecule has 0 aliphatic heterocycles. The van der Waals surface area contributed by atoms with E-state index in [-0.39, 0.29) is 11.3 Å². The Morgan fingerprint density at radius 3 is 2.17 bits per heavy atom. The van der Waals surface area contributed by atoms with Crippen molar-refractivity contribution in [2.75, 3.05) is 48.5 Å². The van der Waals surface area contributed by atoms with Crippen molar-refractivity contribution in [3.8, 4) is 17.2 Å². The third kappa shape index (κ3) is 5.49. The molecule has 1 fully saturated rings. The first-order valence-corrected chi connectivity index (χ1v) is 10.4. The zero-order valence-electron chi connectivity index (χ0n) is 19.1. The Labute approximate surface area is 180 Å². The fourth-order valence-electron chi connectivity index (χ4n) is 3.97. The second kappa shape index (κ2) is 10.9. The predicted molar refractivity (Wildman–Crippen MR) is 119 cm³/mol. The minimum absolute atomic E-state index is 0.185. The Hall–Kier alpha value is -2.64. The van der Waals surface area contributed by atoms with Crippen LogP contribution in [0.15, 0.2) is 17.1 Å². The summed E-state index contributed by atoms with van der Waals surface area (Å²) in [5.74, 6) is 2.78. The third-order valence-electron chi connectivity index (χ3n) is 5.55. The van der Waals surface area contributed by atoms with Crippen LogP contribution in [0.25, 0.3) is 0 Å². The molecule has 8 nitrogen and oxygen atoms in total. The van der Waals surface area contributed by atoms with Crippen molar-refractivity contribution >= 4 is 11.9 Å². The van der Waals surface area contributed by atoms with Gasteiger partial charge >= 0.3 is 0 Å². The second-order valence-electron chi connectivity index (χ2n) is 7.75. The van der Waals surface area contributed by atoms with Crippen molar-refractivity contribution in [3.63, 3.8) is 0 Å². The van der Waals surface area contributed by atoms with Gasteiger partial charge in [0.1, 0.15) is 5.75 Å². The van der Waals surface area contributed by atoms with Gasteiger partial charge in [0.05, 0.1) is 33.3 Å². The van der Waals surface area contributed by atoms with Crippen LogP contribution < -0.4 is 24.8 Å². The fraction of sp³-hybridized carbons (Fsp3) is 0.636. The number of guanidine groups is 1. The average Bonchev–Trinajstić information content (AvgIpc) is 3.24.